The fraction of sp³-hybridized carbons (Fsp3) is 0.727. The summed E-state index contributed by atoms with van der Waals surface area (Å²) in [5.74, 6) is 1.49. The summed E-state index contributed by atoms with van der Waals surface area (Å²) in [5.41, 5.74) is 11.3. The van der Waals surface area contributed by atoms with E-state index in [1.807, 2.05) is 0 Å². The van der Waals surface area contributed by atoms with Gasteiger partial charge in [0, 0.05) is 18.8 Å². The molecule has 134 valence electrons. The van der Waals surface area contributed by atoms with Gasteiger partial charge in [-0.3, -0.25) is 0 Å². The van der Waals surface area contributed by atoms with Gasteiger partial charge in [-0.1, -0.05) is 32.0 Å². The van der Waals surface area contributed by atoms with Crippen LogP contribution < -0.4 is 5.73 Å². The monoisotopic (exact) mass is 329 g/mol. The third-order valence-electron chi connectivity index (χ3n) is 6.40. The minimum atomic E-state index is 0.0875. The lowest BCUT2D eigenvalue weighted by molar-refractivity contribution is 0.118. The van der Waals surface area contributed by atoms with Gasteiger partial charge in [0.15, 0.2) is 0 Å². The molecule has 0 bridgehead atoms. The van der Waals surface area contributed by atoms with Crippen molar-refractivity contribution >= 4 is 0 Å². The van der Waals surface area contributed by atoms with Crippen molar-refractivity contribution in [2.75, 3.05) is 13.2 Å². The molecule has 2 N–H and O–H groups in total. The van der Waals surface area contributed by atoms with Crippen molar-refractivity contribution in [2.45, 2.75) is 83.1 Å². The standard InChI is InChI=1S/C22H35NO/c1-3-12-24-13-10-17-5-6-19-15-20(8-7-18(19)14-17)21-9-11-22(23,4-2)16-21/h7-8,15,17,21H,3-6,9-14,16,23H2,1-2H3/t17-,21-,22+/m0/s1. The summed E-state index contributed by atoms with van der Waals surface area (Å²) in [6.07, 6.45) is 10.9. The van der Waals surface area contributed by atoms with Gasteiger partial charge in [0.2, 0.25) is 0 Å². The largest absolute Gasteiger partial charge is 0.381 e. The normalized spacial score (nSPS) is 29.6. The smallest absolute Gasteiger partial charge is 0.0468 e. The Morgan fingerprint density at radius 2 is 2.04 bits per heavy atom. The molecule has 0 spiro atoms. The molecule has 0 heterocycles. The maximum absolute atomic E-state index is 6.50. The zero-order valence-electron chi connectivity index (χ0n) is 15.7. The van der Waals surface area contributed by atoms with Gasteiger partial charge in [0.05, 0.1) is 0 Å². The second-order valence-corrected chi connectivity index (χ2v) is 8.19. The molecule has 24 heavy (non-hydrogen) atoms. The Kier molecular flexibility index (Phi) is 5.99. The summed E-state index contributed by atoms with van der Waals surface area (Å²) in [7, 11) is 0. The molecule has 3 atom stereocenters. The zero-order valence-corrected chi connectivity index (χ0v) is 15.7. The van der Waals surface area contributed by atoms with Gasteiger partial charge in [0.1, 0.15) is 0 Å². The molecule has 1 aromatic rings. The molecule has 0 aliphatic heterocycles. The lowest BCUT2D eigenvalue weighted by Gasteiger charge is -2.26. The summed E-state index contributed by atoms with van der Waals surface area (Å²) in [5, 5.41) is 0. The number of hydrogen-bond acceptors (Lipinski definition) is 2. The van der Waals surface area contributed by atoms with Crippen LogP contribution in [0.5, 0.6) is 0 Å². The second kappa shape index (κ2) is 8.01. The fourth-order valence-corrected chi connectivity index (χ4v) is 4.61. The molecule has 2 nitrogen and oxygen atoms in total. The maximum atomic E-state index is 6.50. The minimum Gasteiger partial charge on any atom is -0.381 e. The number of hydrogen-bond donors (Lipinski definition) is 1. The summed E-state index contributed by atoms with van der Waals surface area (Å²) >= 11 is 0. The number of rotatable bonds is 7. The van der Waals surface area contributed by atoms with Crippen LogP contribution in [0.25, 0.3) is 0 Å². The molecule has 0 aromatic heterocycles. The van der Waals surface area contributed by atoms with Crippen LogP contribution in [0, 0.1) is 5.92 Å². The topological polar surface area (TPSA) is 35.2 Å². The Bertz CT molecular complexity index is 541. The van der Waals surface area contributed by atoms with Crippen LogP contribution in [0.1, 0.15) is 81.4 Å². The molecule has 1 aromatic carbocycles. The van der Waals surface area contributed by atoms with E-state index >= 15 is 0 Å². The van der Waals surface area contributed by atoms with E-state index in [0.717, 1.165) is 32.0 Å². The highest BCUT2D eigenvalue weighted by molar-refractivity contribution is 5.36. The average Bonchev–Trinajstić information content (AvgIpc) is 3.01. The first-order chi connectivity index (χ1) is 11.6. The van der Waals surface area contributed by atoms with Crippen molar-refractivity contribution in [2.24, 2.45) is 11.7 Å². The Morgan fingerprint density at radius 3 is 2.79 bits per heavy atom. The van der Waals surface area contributed by atoms with Crippen LogP contribution in [0.4, 0.5) is 0 Å². The van der Waals surface area contributed by atoms with Crippen LogP contribution in [0.15, 0.2) is 18.2 Å². The predicted octanol–water partition coefficient (Wildman–Crippen LogP) is 4.98. The second-order valence-electron chi connectivity index (χ2n) is 8.19. The van der Waals surface area contributed by atoms with Crippen molar-refractivity contribution < 1.29 is 4.74 Å². The predicted molar refractivity (Wildman–Crippen MR) is 101 cm³/mol. The third kappa shape index (κ3) is 4.21. The summed E-state index contributed by atoms with van der Waals surface area (Å²) < 4.78 is 5.68. The SMILES string of the molecule is CCCOCC[C@@H]1CCc2cc([C@H]3CC[C@](N)(CC)C3)ccc2C1. The van der Waals surface area contributed by atoms with Crippen LogP contribution in [-0.4, -0.2) is 18.8 Å². The molecular formula is C22H35NO. The first kappa shape index (κ1) is 17.9. The van der Waals surface area contributed by atoms with Gasteiger partial charge in [0.25, 0.3) is 0 Å². The highest BCUT2D eigenvalue weighted by Gasteiger charge is 2.35. The summed E-state index contributed by atoms with van der Waals surface area (Å²) in [6.45, 7) is 6.26. The minimum absolute atomic E-state index is 0.0875. The molecule has 2 aliphatic rings. The first-order valence-corrected chi connectivity index (χ1v) is 10.1. The number of ether oxygens (including phenoxy) is 1. The molecule has 2 heteroatoms. The average molecular weight is 330 g/mol. The Hall–Kier alpha value is -0.860. The van der Waals surface area contributed by atoms with Crippen LogP contribution in [0.2, 0.25) is 0 Å². The molecule has 0 amide bonds. The first-order valence-electron chi connectivity index (χ1n) is 10.1. The quantitative estimate of drug-likeness (QED) is 0.716. The van der Waals surface area contributed by atoms with Crippen LogP contribution in [-0.2, 0) is 17.6 Å². The van der Waals surface area contributed by atoms with Crippen molar-refractivity contribution in [1.29, 1.82) is 0 Å². The number of nitrogens with two attached hydrogens (primary N) is 1. The van der Waals surface area contributed by atoms with Crippen LogP contribution >= 0.6 is 0 Å². The fourth-order valence-electron chi connectivity index (χ4n) is 4.61. The van der Waals surface area contributed by atoms with E-state index in [2.05, 4.69) is 32.0 Å². The number of fused-ring (bicyclic) bond motifs is 1. The zero-order chi connectivity index (χ0) is 17.0. The highest BCUT2D eigenvalue weighted by atomic mass is 16.5. The van der Waals surface area contributed by atoms with E-state index < -0.39 is 0 Å². The van der Waals surface area contributed by atoms with E-state index in [-0.39, 0.29) is 5.54 Å². The molecule has 2 aliphatic carbocycles. The van der Waals surface area contributed by atoms with E-state index in [4.69, 9.17) is 10.5 Å². The maximum Gasteiger partial charge on any atom is 0.0468 e. The lowest BCUT2D eigenvalue weighted by atomic mass is 9.80. The number of benzene rings is 1. The molecule has 1 fully saturated rings. The highest BCUT2D eigenvalue weighted by Crippen LogP contribution is 2.42. The van der Waals surface area contributed by atoms with E-state index in [9.17, 15) is 0 Å². The Labute approximate surface area is 148 Å². The van der Waals surface area contributed by atoms with Gasteiger partial charge in [-0.25, -0.2) is 0 Å². The van der Waals surface area contributed by atoms with Crippen molar-refractivity contribution in [3.05, 3.63) is 34.9 Å². The van der Waals surface area contributed by atoms with Gasteiger partial charge < -0.3 is 10.5 Å². The van der Waals surface area contributed by atoms with Gasteiger partial charge in [-0.2, -0.15) is 0 Å². The van der Waals surface area contributed by atoms with Crippen molar-refractivity contribution in [3.8, 4) is 0 Å². The molecule has 0 radical (unpaired) electrons. The molecule has 3 rings (SSSR count). The number of aryl methyl sites for hydroxylation is 1. The van der Waals surface area contributed by atoms with Crippen molar-refractivity contribution in [3.63, 3.8) is 0 Å². The molecule has 0 unspecified atom stereocenters. The third-order valence-corrected chi connectivity index (χ3v) is 6.40. The lowest BCUT2D eigenvalue weighted by Crippen LogP contribution is -2.35. The van der Waals surface area contributed by atoms with E-state index in [1.165, 1.54) is 44.9 Å². The molecule has 0 saturated heterocycles. The summed E-state index contributed by atoms with van der Waals surface area (Å²) in [6, 6.07) is 7.30. The Morgan fingerprint density at radius 1 is 1.17 bits per heavy atom. The van der Waals surface area contributed by atoms with E-state index in [0.29, 0.717) is 5.92 Å². The molecule has 1 saturated carbocycles. The van der Waals surface area contributed by atoms with Crippen molar-refractivity contribution in [1.82, 2.24) is 0 Å². The summed E-state index contributed by atoms with van der Waals surface area (Å²) in [4.78, 5) is 0. The Balaban J connectivity index is 1.58. The van der Waals surface area contributed by atoms with Gasteiger partial charge in [-0.15, -0.1) is 0 Å². The van der Waals surface area contributed by atoms with Gasteiger partial charge >= 0.3 is 0 Å². The van der Waals surface area contributed by atoms with E-state index in [1.54, 1.807) is 16.7 Å². The van der Waals surface area contributed by atoms with Crippen LogP contribution in [0.3, 0.4) is 0 Å². The van der Waals surface area contributed by atoms with Gasteiger partial charge in [-0.05, 0) is 86.3 Å². The molecular weight excluding hydrogens is 294 g/mol.